The van der Waals surface area contributed by atoms with Gasteiger partial charge >= 0.3 is 0 Å². The van der Waals surface area contributed by atoms with Crippen molar-refractivity contribution in [3.8, 4) is 0 Å². The third-order valence-corrected chi connectivity index (χ3v) is 4.27. The molecule has 0 aliphatic heterocycles. The average molecular weight is 336 g/mol. The van der Waals surface area contributed by atoms with Gasteiger partial charge in [-0.3, -0.25) is 9.78 Å². The summed E-state index contributed by atoms with van der Waals surface area (Å²) in [6.45, 7) is 8.45. The predicted molar refractivity (Wildman–Crippen MR) is 99.4 cm³/mol. The second-order valence-corrected chi connectivity index (χ2v) is 6.83. The van der Waals surface area contributed by atoms with E-state index in [1.54, 1.807) is 18.3 Å². The molecule has 3 rings (SSSR count). The highest BCUT2D eigenvalue weighted by Gasteiger charge is 2.26. The zero-order chi connectivity index (χ0) is 18.0. The fourth-order valence-corrected chi connectivity index (χ4v) is 3.07. The molecule has 1 N–H and O–H groups in total. The molecule has 1 unspecified atom stereocenters. The Labute approximate surface area is 148 Å². The van der Waals surface area contributed by atoms with Crippen LogP contribution in [-0.4, -0.2) is 20.4 Å². The third-order valence-electron chi connectivity index (χ3n) is 4.27. The molecule has 5 heteroatoms. The first-order valence-corrected chi connectivity index (χ1v) is 8.67. The first-order chi connectivity index (χ1) is 12.0. The normalized spacial score (nSPS) is 12.7. The molecule has 130 valence electrons. The van der Waals surface area contributed by atoms with Gasteiger partial charge in [-0.2, -0.15) is 0 Å². The Hall–Kier alpha value is -2.69. The van der Waals surface area contributed by atoms with Crippen molar-refractivity contribution < 1.29 is 4.79 Å². The standard InChI is InChI=1S/C20H24N4O/c1-13(2)18(23-20(25)16-10-7-8-12-21-16)19-22-15-9-5-6-11-17(15)24(19)14(3)4/h5-14,18H,1-4H3,(H,23,25). The molecule has 1 atom stereocenters. The molecule has 1 amide bonds. The number of para-hydroxylation sites is 2. The highest BCUT2D eigenvalue weighted by atomic mass is 16.1. The molecule has 2 heterocycles. The van der Waals surface area contributed by atoms with Crippen LogP contribution in [0, 0.1) is 5.92 Å². The van der Waals surface area contributed by atoms with Crippen molar-refractivity contribution in [2.24, 2.45) is 5.92 Å². The second kappa shape index (κ2) is 7.05. The van der Waals surface area contributed by atoms with Crippen molar-refractivity contribution in [3.05, 3.63) is 60.2 Å². The molecule has 25 heavy (non-hydrogen) atoms. The topological polar surface area (TPSA) is 59.8 Å². The van der Waals surface area contributed by atoms with E-state index in [1.165, 1.54) is 0 Å². The van der Waals surface area contributed by atoms with Crippen molar-refractivity contribution in [2.45, 2.75) is 39.8 Å². The molecule has 0 saturated carbocycles. The summed E-state index contributed by atoms with van der Waals surface area (Å²) < 4.78 is 2.21. The monoisotopic (exact) mass is 336 g/mol. The summed E-state index contributed by atoms with van der Waals surface area (Å²) >= 11 is 0. The van der Waals surface area contributed by atoms with Gasteiger partial charge in [0.1, 0.15) is 11.5 Å². The Morgan fingerprint density at radius 1 is 1.04 bits per heavy atom. The van der Waals surface area contributed by atoms with Gasteiger partial charge in [0.05, 0.1) is 17.1 Å². The maximum atomic E-state index is 12.6. The molecule has 0 saturated heterocycles. The van der Waals surface area contributed by atoms with Crippen LogP contribution in [0.3, 0.4) is 0 Å². The fourth-order valence-electron chi connectivity index (χ4n) is 3.07. The highest BCUT2D eigenvalue weighted by Crippen LogP contribution is 2.28. The SMILES string of the molecule is CC(C)C(NC(=O)c1ccccn1)c1nc2ccccc2n1C(C)C. The lowest BCUT2D eigenvalue weighted by atomic mass is 10.0. The molecule has 1 aromatic carbocycles. The number of imidazole rings is 1. The molecule has 0 spiro atoms. The summed E-state index contributed by atoms with van der Waals surface area (Å²) in [6, 6.07) is 13.5. The van der Waals surface area contributed by atoms with E-state index in [4.69, 9.17) is 4.98 Å². The summed E-state index contributed by atoms with van der Waals surface area (Å²) in [6.07, 6.45) is 1.63. The Bertz CT molecular complexity index is 868. The van der Waals surface area contributed by atoms with E-state index in [1.807, 2.05) is 24.3 Å². The maximum Gasteiger partial charge on any atom is 0.270 e. The number of rotatable bonds is 5. The zero-order valence-electron chi connectivity index (χ0n) is 15.1. The van der Waals surface area contributed by atoms with Gasteiger partial charge in [0.25, 0.3) is 5.91 Å². The zero-order valence-corrected chi connectivity index (χ0v) is 15.1. The highest BCUT2D eigenvalue weighted by molar-refractivity contribution is 5.92. The molecule has 0 bridgehead atoms. The van der Waals surface area contributed by atoms with E-state index in [0.29, 0.717) is 5.69 Å². The van der Waals surface area contributed by atoms with Crippen molar-refractivity contribution in [1.29, 1.82) is 0 Å². The van der Waals surface area contributed by atoms with Crippen LogP contribution in [0.5, 0.6) is 0 Å². The average Bonchev–Trinajstić information content (AvgIpc) is 2.99. The van der Waals surface area contributed by atoms with E-state index in [9.17, 15) is 4.79 Å². The van der Waals surface area contributed by atoms with Crippen LogP contribution in [0.1, 0.15) is 56.1 Å². The number of hydrogen-bond acceptors (Lipinski definition) is 3. The van der Waals surface area contributed by atoms with E-state index in [-0.39, 0.29) is 23.9 Å². The van der Waals surface area contributed by atoms with Gasteiger partial charge in [-0.1, -0.05) is 32.0 Å². The summed E-state index contributed by atoms with van der Waals surface area (Å²) in [5.41, 5.74) is 2.45. The van der Waals surface area contributed by atoms with Crippen molar-refractivity contribution in [1.82, 2.24) is 19.9 Å². The summed E-state index contributed by atoms with van der Waals surface area (Å²) in [7, 11) is 0. The first-order valence-electron chi connectivity index (χ1n) is 8.67. The van der Waals surface area contributed by atoms with Gasteiger partial charge in [0, 0.05) is 12.2 Å². The van der Waals surface area contributed by atoms with Gasteiger partial charge in [-0.25, -0.2) is 4.98 Å². The lowest BCUT2D eigenvalue weighted by molar-refractivity contribution is 0.0916. The van der Waals surface area contributed by atoms with Crippen molar-refractivity contribution in [2.75, 3.05) is 0 Å². The van der Waals surface area contributed by atoms with Gasteiger partial charge < -0.3 is 9.88 Å². The van der Waals surface area contributed by atoms with Gasteiger partial charge in [0.2, 0.25) is 0 Å². The molecule has 0 fully saturated rings. The summed E-state index contributed by atoms with van der Waals surface area (Å²) in [5, 5.41) is 3.12. The molecule has 0 radical (unpaired) electrons. The number of hydrogen-bond donors (Lipinski definition) is 1. The Morgan fingerprint density at radius 3 is 2.40 bits per heavy atom. The van der Waals surface area contributed by atoms with E-state index >= 15 is 0 Å². The van der Waals surface area contributed by atoms with Crippen molar-refractivity contribution >= 4 is 16.9 Å². The number of benzene rings is 1. The fraction of sp³-hybridized carbons (Fsp3) is 0.350. The Kier molecular flexibility index (Phi) is 4.83. The Morgan fingerprint density at radius 2 is 1.76 bits per heavy atom. The number of carbonyl (C=O) groups is 1. The number of pyridine rings is 1. The number of nitrogens with one attached hydrogen (secondary N) is 1. The van der Waals surface area contributed by atoms with Gasteiger partial charge in [-0.05, 0) is 44.0 Å². The number of carbonyl (C=O) groups excluding carboxylic acids is 1. The minimum atomic E-state index is -0.190. The number of amides is 1. The van der Waals surface area contributed by atoms with Crippen LogP contribution >= 0.6 is 0 Å². The number of fused-ring (bicyclic) bond motifs is 1. The number of aromatic nitrogens is 3. The molecule has 5 nitrogen and oxygen atoms in total. The van der Waals surface area contributed by atoms with Crippen LogP contribution in [0.15, 0.2) is 48.7 Å². The first kappa shape index (κ1) is 17.1. The minimum Gasteiger partial charge on any atom is -0.340 e. The van der Waals surface area contributed by atoms with Crippen molar-refractivity contribution in [3.63, 3.8) is 0 Å². The molecule has 3 aromatic rings. The van der Waals surface area contributed by atoms with Crippen LogP contribution in [0.4, 0.5) is 0 Å². The van der Waals surface area contributed by atoms with Gasteiger partial charge in [-0.15, -0.1) is 0 Å². The van der Waals surface area contributed by atoms with Crippen LogP contribution < -0.4 is 5.32 Å². The molecular formula is C20H24N4O. The maximum absolute atomic E-state index is 12.6. The quantitative estimate of drug-likeness (QED) is 0.762. The molecule has 0 aliphatic rings. The number of nitrogens with zero attached hydrogens (tertiary/aromatic N) is 3. The van der Waals surface area contributed by atoms with E-state index in [0.717, 1.165) is 16.9 Å². The van der Waals surface area contributed by atoms with E-state index in [2.05, 4.69) is 48.6 Å². The largest absolute Gasteiger partial charge is 0.340 e. The summed E-state index contributed by atoms with van der Waals surface area (Å²) in [5.74, 6) is 0.902. The third kappa shape index (κ3) is 3.40. The smallest absolute Gasteiger partial charge is 0.270 e. The lowest BCUT2D eigenvalue weighted by Gasteiger charge is -2.24. The molecule has 2 aromatic heterocycles. The van der Waals surface area contributed by atoms with Crippen LogP contribution in [0.25, 0.3) is 11.0 Å². The Balaban J connectivity index is 2.03. The van der Waals surface area contributed by atoms with Crippen LogP contribution in [-0.2, 0) is 0 Å². The van der Waals surface area contributed by atoms with Gasteiger partial charge in [0.15, 0.2) is 0 Å². The summed E-state index contributed by atoms with van der Waals surface area (Å²) in [4.78, 5) is 21.6. The predicted octanol–water partition coefficient (Wildman–Crippen LogP) is 4.14. The second-order valence-electron chi connectivity index (χ2n) is 6.83. The van der Waals surface area contributed by atoms with E-state index < -0.39 is 0 Å². The minimum absolute atomic E-state index is 0.179. The lowest BCUT2D eigenvalue weighted by Crippen LogP contribution is -2.34. The van der Waals surface area contributed by atoms with Crippen LogP contribution in [0.2, 0.25) is 0 Å². The molecule has 0 aliphatic carbocycles. The molecular weight excluding hydrogens is 312 g/mol.